The summed E-state index contributed by atoms with van der Waals surface area (Å²) in [5.74, 6) is -0.785. The molecule has 3 rings (SSSR count). The zero-order valence-corrected chi connectivity index (χ0v) is 24.9. The van der Waals surface area contributed by atoms with Crippen molar-refractivity contribution in [3.05, 3.63) is 68.0 Å². The fraction of sp³-hybridized carbons (Fsp3) is 0.345. The molecule has 1 heterocycles. The van der Waals surface area contributed by atoms with E-state index in [9.17, 15) is 9.59 Å². The number of nitrogens with zero attached hydrogens (tertiary/aromatic N) is 1. The summed E-state index contributed by atoms with van der Waals surface area (Å²) in [6.07, 6.45) is 3.03. The molecule has 0 aliphatic heterocycles. The van der Waals surface area contributed by atoms with Crippen molar-refractivity contribution in [1.29, 1.82) is 0 Å². The molecule has 0 saturated heterocycles. The van der Waals surface area contributed by atoms with Crippen LogP contribution in [0.2, 0.25) is 10.0 Å². The molecule has 1 amide bonds. The Hall–Kier alpha value is -2.91. The number of ether oxygens (including phenoxy) is 2. The van der Waals surface area contributed by atoms with E-state index in [0.29, 0.717) is 29.6 Å². The Morgan fingerprint density at radius 3 is 2.49 bits per heavy atom. The molecule has 208 valence electrons. The lowest BCUT2D eigenvalue weighted by atomic mass is 9.99. The van der Waals surface area contributed by atoms with Gasteiger partial charge in [-0.15, -0.1) is 11.3 Å². The number of para-hydroxylation sites is 1. The van der Waals surface area contributed by atoms with Gasteiger partial charge in [0.15, 0.2) is 5.13 Å². The highest BCUT2D eigenvalue weighted by atomic mass is 35.5. The van der Waals surface area contributed by atoms with Gasteiger partial charge in [0.25, 0.3) is 5.91 Å². The number of rotatable bonds is 11. The lowest BCUT2D eigenvalue weighted by Crippen LogP contribution is -2.15. The van der Waals surface area contributed by atoms with E-state index >= 15 is 0 Å². The number of thiazole rings is 1. The van der Waals surface area contributed by atoms with E-state index in [-0.39, 0.29) is 26.6 Å². The molecule has 0 fully saturated rings. The Morgan fingerprint density at radius 1 is 1.18 bits per heavy atom. The maximum atomic E-state index is 12.9. The van der Waals surface area contributed by atoms with E-state index in [1.54, 1.807) is 7.11 Å². The zero-order chi connectivity index (χ0) is 28.7. The second kappa shape index (κ2) is 13.4. The molecule has 0 atom stereocenters. The van der Waals surface area contributed by atoms with E-state index in [1.807, 2.05) is 23.6 Å². The number of carbonyl (C=O) groups excluding carboxylic acids is 1. The highest BCUT2D eigenvalue weighted by Crippen LogP contribution is 2.36. The van der Waals surface area contributed by atoms with E-state index in [1.165, 1.54) is 36.5 Å². The number of carbonyl (C=O) groups is 2. The van der Waals surface area contributed by atoms with Crippen LogP contribution in [-0.4, -0.2) is 42.3 Å². The second-order valence-corrected chi connectivity index (χ2v) is 11.9. The molecule has 0 aliphatic rings. The summed E-state index contributed by atoms with van der Waals surface area (Å²) < 4.78 is 11.5. The molecule has 10 heteroatoms. The molecule has 7 nitrogen and oxygen atoms in total. The van der Waals surface area contributed by atoms with Crippen LogP contribution in [0, 0.1) is 5.41 Å². The largest absolute Gasteiger partial charge is 0.496 e. The van der Waals surface area contributed by atoms with Crippen LogP contribution in [0.3, 0.4) is 0 Å². The van der Waals surface area contributed by atoms with E-state index in [0.717, 1.165) is 29.7 Å². The van der Waals surface area contributed by atoms with Crippen LogP contribution in [0.4, 0.5) is 5.13 Å². The zero-order valence-electron chi connectivity index (χ0n) is 22.6. The van der Waals surface area contributed by atoms with E-state index in [4.69, 9.17) is 37.8 Å². The normalized spacial score (nSPS) is 11.9. The van der Waals surface area contributed by atoms with Gasteiger partial charge >= 0.3 is 5.97 Å². The van der Waals surface area contributed by atoms with Crippen LogP contribution in [-0.2, 0) is 16.0 Å². The first-order valence-corrected chi connectivity index (χ1v) is 13.9. The fourth-order valence-corrected chi connectivity index (χ4v) is 5.02. The Bertz CT molecular complexity index is 1360. The van der Waals surface area contributed by atoms with Crippen molar-refractivity contribution in [2.24, 2.45) is 5.41 Å². The number of halogens is 2. The van der Waals surface area contributed by atoms with Crippen LogP contribution in [0.1, 0.15) is 55.6 Å². The molecule has 0 bridgehead atoms. The predicted molar refractivity (Wildman–Crippen MR) is 158 cm³/mol. The number of aromatic nitrogens is 1. The van der Waals surface area contributed by atoms with Crippen LogP contribution in [0.15, 0.2) is 41.3 Å². The number of hydrogen-bond acceptors (Lipinski definition) is 6. The van der Waals surface area contributed by atoms with Crippen LogP contribution < -0.4 is 10.1 Å². The first kappa shape index (κ1) is 30.6. The first-order valence-electron chi connectivity index (χ1n) is 12.3. The second-order valence-electron chi connectivity index (χ2n) is 10.2. The van der Waals surface area contributed by atoms with Crippen molar-refractivity contribution in [3.63, 3.8) is 0 Å². The molecular weight excluding hydrogens is 559 g/mol. The van der Waals surface area contributed by atoms with Crippen molar-refractivity contribution >= 4 is 57.6 Å². The minimum atomic E-state index is -1.09. The SMILES string of the molecule is COc1c(CCCOCC(C)(C)C)cccc1-c1csc(NC(=O)c2cc(Cl)c(/C=C(\C)C(=O)O)c(Cl)c2)n1. The summed E-state index contributed by atoms with van der Waals surface area (Å²) in [4.78, 5) is 28.6. The Kier molecular flexibility index (Phi) is 10.6. The lowest BCUT2D eigenvalue weighted by Gasteiger charge is -2.18. The first-order chi connectivity index (χ1) is 18.4. The Labute approximate surface area is 242 Å². The number of aryl methyl sites for hydroxylation is 1. The summed E-state index contributed by atoms with van der Waals surface area (Å²) in [6, 6.07) is 8.81. The van der Waals surface area contributed by atoms with E-state index in [2.05, 4.69) is 31.1 Å². The van der Waals surface area contributed by atoms with Crippen LogP contribution >= 0.6 is 34.5 Å². The number of amides is 1. The third kappa shape index (κ3) is 8.54. The van der Waals surface area contributed by atoms with Gasteiger partial charge in [-0.05, 0) is 55.0 Å². The van der Waals surface area contributed by atoms with Gasteiger partial charge in [-0.25, -0.2) is 9.78 Å². The average molecular weight is 592 g/mol. The topological polar surface area (TPSA) is 97.8 Å². The number of benzene rings is 2. The monoisotopic (exact) mass is 590 g/mol. The summed E-state index contributed by atoms with van der Waals surface area (Å²) in [7, 11) is 1.64. The Morgan fingerprint density at radius 2 is 1.87 bits per heavy atom. The van der Waals surface area contributed by atoms with Crippen molar-refractivity contribution in [2.45, 2.75) is 40.5 Å². The van der Waals surface area contributed by atoms with Gasteiger partial charge in [-0.1, -0.05) is 56.1 Å². The summed E-state index contributed by atoms with van der Waals surface area (Å²) in [5.41, 5.74) is 3.33. The Balaban J connectivity index is 1.73. The number of aliphatic carboxylic acids is 1. The number of carboxylic acid groups (broad SMARTS) is 1. The van der Waals surface area contributed by atoms with Crippen LogP contribution in [0.25, 0.3) is 17.3 Å². The van der Waals surface area contributed by atoms with Gasteiger partial charge < -0.3 is 14.6 Å². The van der Waals surface area contributed by atoms with Gasteiger partial charge in [-0.2, -0.15) is 0 Å². The minimum absolute atomic E-state index is 0.0692. The maximum Gasteiger partial charge on any atom is 0.331 e. The highest BCUT2D eigenvalue weighted by Gasteiger charge is 2.17. The van der Waals surface area contributed by atoms with Crippen molar-refractivity contribution in [3.8, 4) is 17.0 Å². The quantitative estimate of drug-likeness (QED) is 0.174. The molecule has 39 heavy (non-hydrogen) atoms. The number of methoxy groups -OCH3 is 1. The third-order valence-electron chi connectivity index (χ3n) is 5.61. The molecule has 0 spiro atoms. The smallest absolute Gasteiger partial charge is 0.331 e. The predicted octanol–water partition coefficient (Wildman–Crippen LogP) is 7.86. The molecule has 2 N–H and O–H groups in total. The molecule has 1 aromatic heterocycles. The minimum Gasteiger partial charge on any atom is -0.496 e. The molecule has 2 aromatic carbocycles. The number of hydrogen-bond donors (Lipinski definition) is 2. The molecular formula is C29H32Cl2N2O5S. The van der Waals surface area contributed by atoms with Gasteiger partial charge in [0.05, 0.1) is 29.5 Å². The van der Waals surface area contributed by atoms with Gasteiger partial charge in [0.2, 0.25) is 0 Å². The standard InChI is InChI=1S/C29H32Cl2N2O5S/c1-17(27(35)36)12-21-22(30)13-19(14-23(21)31)26(34)33-28-32-24(15-39-28)20-10-6-8-18(25(20)37-5)9-7-11-38-16-29(2,3)4/h6,8,10,12-15H,7,9,11,16H2,1-5H3,(H,35,36)(H,32,33,34)/b17-12+. The molecule has 0 unspecified atom stereocenters. The van der Waals surface area contributed by atoms with Crippen LogP contribution in [0.5, 0.6) is 5.75 Å². The maximum absolute atomic E-state index is 12.9. The van der Waals surface area contributed by atoms with Gasteiger partial charge in [-0.3, -0.25) is 10.1 Å². The van der Waals surface area contributed by atoms with Crippen molar-refractivity contribution in [2.75, 3.05) is 25.6 Å². The number of nitrogens with one attached hydrogen (secondary N) is 1. The summed E-state index contributed by atoms with van der Waals surface area (Å²) in [5, 5.41) is 14.5. The van der Waals surface area contributed by atoms with Gasteiger partial charge in [0, 0.05) is 34.3 Å². The molecule has 0 radical (unpaired) electrons. The number of anilines is 1. The van der Waals surface area contributed by atoms with E-state index < -0.39 is 11.9 Å². The number of carboxylic acids is 1. The van der Waals surface area contributed by atoms with Crippen molar-refractivity contribution < 1.29 is 24.2 Å². The molecule has 3 aromatic rings. The molecule has 0 saturated carbocycles. The summed E-state index contributed by atoms with van der Waals surface area (Å²) >= 11 is 13.9. The lowest BCUT2D eigenvalue weighted by molar-refractivity contribution is -0.132. The third-order valence-corrected chi connectivity index (χ3v) is 6.99. The molecule has 0 aliphatic carbocycles. The van der Waals surface area contributed by atoms with Crippen molar-refractivity contribution in [1.82, 2.24) is 4.98 Å². The average Bonchev–Trinajstić information content (AvgIpc) is 3.32. The highest BCUT2D eigenvalue weighted by molar-refractivity contribution is 7.14. The van der Waals surface area contributed by atoms with Gasteiger partial charge in [0.1, 0.15) is 5.75 Å². The summed E-state index contributed by atoms with van der Waals surface area (Å²) in [6.45, 7) is 9.25. The fourth-order valence-electron chi connectivity index (χ4n) is 3.72.